The van der Waals surface area contributed by atoms with Crippen molar-refractivity contribution in [1.29, 1.82) is 0 Å². The molecule has 1 N–H and O–H groups in total. The van der Waals surface area contributed by atoms with E-state index in [1.54, 1.807) is 6.92 Å². The van der Waals surface area contributed by atoms with Crippen molar-refractivity contribution in [3.63, 3.8) is 0 Å². The molecule has 120 valence electrons. The number of sulfone groups is 1. The number of rotatable bonds is 9. The van der Waals surface area contributed by atoms with Crippen LogP contribution in [-0.4, -0.2) is 36.7 Å². The summed E-state index contributed by atoms with van der Waals surface area (Å²) in [6.45, 7) is 8.60. The van der Waals surface area contributed by atoms with Crippen LogP contribution in [0.15, 0.2) is 6.07 Å². The molecule has 0 amide bonds. The molecular formula is C15H27N3O2S. The molecule has 1 atom stereocenters. The smallest absolute Gasteiger partial charge is 0.150 e. The Bertz CT molecular complexity index is 544. The van der Waals surface area contributed by atoms with Crippen LogP contribution in [0.2, 0.25) is 0 Å². The molecule has 5 nitrogen and oxygen atoms in total. The van der Waals surface area contributed by atoms with Crippen molar-refractivity contribution < 1.29 is 8.42 Å². The minimum absolute atomic E-state index is 0.145. The molecule has 0 aromatic carbocycles. The zero-order valence-corrected chi connectivity index (χ0v) is 14.3. The van der Waals surface area contributed by atoms with Crippen LogP contribution < -0.4 is 5.32 Å². The fourth-order valence-corrected chi connectivity index (χ4v) is 3.16. The van der Waals surface area contributed by atoms with Crippen molar-refractivity contribution in [3.05, 3.63) is 23.0 Å². The highest BCUT2D eigenvalue weighted by Gasteiger charge is 2.16. The number of hydrogen-bond donors (Lipinski definition) is 1. The van der Waals surface area contributed by atoms with Crippen molar-refractivity contribution in [2.75, 3.05) is 18.1 Å². The molecule has 0 bridgehead atoms. The maximum atomic E-state index is 11.6. The van der Waals surface area contributed by atoms with Gasteiger partial charge in [-0.3, -0.25) is 0 Å². The van der Waals surface area contributed by atoms with E-state index >= 15 is 0 Å². The van der Waals surface area contributed by atoms with Crippen molar-refractivity contribution in [3.8, 4) is 0 Å². The summed E-state index contributed by atoms with van der Waals surface area (Å²) in [4.78, 5) is 0. The molecule has 21 heavy (non-hydrogen) atoms. The number of nitrogens with one attached hydrogen (secondary N) is 1. The topological polar surface area (TPSA) is 72.0 Å². The van der Waals surface area contributed by atoms with Crippen LogP contribution in [0.3, 0.4) is 0 Å². The zero-order chi connectivity index (χ0) is 15.9. The average Bonchev–Trinajstić information content (AvgIpc) is 2.45. The van der Waals surface area contributed by atoms with E-state index in [4.69, 9.17) is 0 Å². The van der Waals surface area contributed by atoms with Gasteiger partial charge in [0.05, 0.1) is 17.1 Å². The third kappa shape index (κ3) is 6.09. The lowest BCUT2D eigenvalue weighted by Gasteiger charge is -2.20. The molecular weight excluding hydrogens is 286 g/mol. The van der Waals surface area contributed by atoms with Gasteiger partial charge in [-0.15, -0.1) is 0 Å². The summed E-state index contributed by atoms with van der Waals surface area (Å²) in [6.07, 6.45) is 2.50. The molecule has 0 spiro atoms. The fourth-order valence-electron chi connectivity index (χ4n) is 2.26. The van der Waals surface area contributed by atoms with Gasteiger partial charge in [-0.2, -0.15) is 10.2 Å². The monoisotopic (exact) mass is 313 g/mol. The van der Waals surface area contributed by atoms with E-state index < -0.39 is 9.84 Å². The normalized spacial score (nSPS) is 13.3. The van der Waals surface area contributed by atoms with Crippen LogP contribution in [0, 0.1) is 13.8 Å². The van der Waals surface area contributed by atoms with Crippen LogP contribution in [0.4, 0.5) is 0 Å². The lowest BCUT2D eigenvalue weighted by molar-refractivity contribution is 0.487. The van der Waals surface area contributed by atoms with Crippen LogP contribution in [0.25, 0.3) is 0 Å². The molecule has 1 heterocycles. The number of hydrogen-bond acceptors (Lipinski definition) is 5. The Kier molecular flexibility index (Phi) is 7.25. The second-order valence-electron chi connectivity index (χ2n) is 5.41. The number of nitrogens with zero attached hydrogens (tertiary/aromatic N) is 2. The van der Waals surface area contributed by atoms with Crippen molar-refractivity contribution in [1.82, 2.24) is 15.5 Å². The standard InChI is InChI=1S/C15H27N3O2S/c1-5-9-16-15(8-7-10-21(19,20)6-2)14-11-12(3)17-18-13(14)4/h11,15-16H,5-10H2,1-4H3. The fraction of sp³-hybridized carbons (Fsp3) is 0.733. The highest BCUT2D eigenvalue weighted by atomic mass is 32.2. The van der Waals surface area contributed by atoms with Gasteiger partial charge in [0.1, 0.15) is 9.84 Å². The van der Waals surface area contributed by atoms with Crippen LogP contribution in [-0.2, 0) is 9.84 Å². The zero-order valence-electron chi connectivity index (χ0n) is 13.5. The second-order valence-corrected chi connectivity index (χ2v) is 7.88. The van der Waals surface area contributed by atoms with Crippen molar-refractivity contribution in [2.45, 2.75) is 53.0 Å². The molecule has 1 aromatic heterocycles. The Hall–Kier alpha value is -1.01. The van der Waals surface area contributed by atoms with Crippen molar-refractivity contribution in [2.24, 2.45) is 0 Å². The van der Waals surface area contributed by atoms with E-state index in [9.17, 15) is 8.42 Å². The Morgan fingerprint density at radius 1 is 1.24 bits per heavy atom. The molecule has 0 saturated heterocycles. The first-order chi connectivity index (χ1) is 9.89. The summed E-state index contributed by atoms with van der Waals surface area (Å²) in [5.41, 5.74) is 2.93. The molecule has 0 saturated carbocycles. The minimum Gasteiger partial charge on any atom is -0.310 e. The van der Waals surface area contributed by atoms with Gasteiger partial charge < -0.3 is 5.32 Å². The summed E-state index contributed by atoms with van der Waals surface area (Å²) >= 11 is 0. The first-order valence-corrected chi connectivity index (χ1v) is 9.46. The highest BCUT2D eigenvalue weighted by Crippen LogP contribution is 2.21. The quantitative estimate of drug-likeness (QED) is 0.757. The SMILES string of the molecule is CCCNC(CCCS(=O)(=O)CC)c1cc(C)nnc1C. The van der Waals surface area contributed by atoms with E-state index in [1.807, 2.05) is 19.9 Å². The van der Waals surface area contributed by atoms with Gasteiger partial charge in [-0.05, 0) is 51.3 Å². The maximum absolute atomic E-state index is 11.6. The first kappa shape index (κ1) is 18.0. The van der Waals surface area contributed by atoms with Crippen LogP contribution in [0.1, 0.15) is 56.1 Å². The highest BCUT2D eigenvalue weighted by molar-refractivity contribution is 7.91. The number of aromatic nitrogens is 2. The Balaban J connectivity index is 2.78. The summed E-state index contributed by atoms with van der Waals surface area (Å²) in [5.74, 6) is 0.472. The lowest BCUT2D eigenvalue weighted by Crippen LogP contribution is -2.24. The molecule has 0 radical (unpaired) electrons. The van der Waals surface area contributed by atoms with Gasteiger partial charge in [-0.1, -0.05) is 13.8 Å². The lowest BCUT2D eigenvalue weighted by atomic mass is 10.0. The minimum atomic E-state index is -2.89. The van der Waals surface area contributed by atoms with Gasteiger partial charge >= 0.3 is 0 Å². The molecule has 1 aromatic rings. The third-order valence-electron chi connectivity index (χ3n) is 3.54. The molecule has 0 aliphatic carbocycles. The Morgan fingerprint density at radius 2 is 1.95 bits per heavy atom. The van der Waals surface area contributed by atoms with E-state index in [1.165, 1.54) is 0 Å². The van der Waals surface area contributed by atoms with Gasteiger partial charge in [-0.25, -0.2) is 8.42 Å². The van der Waals surface area contributed by atoms with E-state index in [-0.39, 0.29) is 17.5 Å². The number of aryl methyl sites for hydroxylation is 2. The maximum Gasteiger partial charge on any atom is 0.150 e. The summed E-state index contributed by atoms with van der Waals surface area (Å²) in [6, 6.07) is 2.19. The summed E-state index contributed by atoms with van der Waals surface area (Å²) in [5, 5.41) is 11.7. The molecule has 0 aliphatic heterocycles. The van der Waals surface area contributed by atoms with Crippen LogP contribution in [0.5, 0.6) is 0 Å². The predicted octanol–water partition coefficient (Wildman–Crippen LogP) is 2.35. The summed E-state index contributed by atoms with van der Waals surface area (Å²) in [7, 11) is -2.89. The van der Waals surface area contributed by atoms with Gasteiger partial charge in [0, 0.05) is 11.8 Å². The molecule has 0 fully saturated rings. The van der Waals surface area contributed by atoms with Gasteiger partial charge in [0.25, 0.3) is 0 Å². The van der Waals surface area contributed by atoms with Gasteiger partial charge in [0.15, 0.2) is 0 Å². The van der Waals surface area contributed by atoms with Gasteiger partial charge in [0.2, 0.25) is 0 Å². The second kappa shape index (κ2) is 8.44. The largest absolute Gasteiger partial charge is 0.310 e. The molecule has 0 aliphatic rings. The Morgan fingerprint density at radius 3 is 2.57 bits per heavy atom. The summed E-state index contributed by atoms with van der Waals surface area (Å²) < 4.78 is 23.2. The average molecular weight is 313 g/mol. The van der Waals surface area contributed by atoms with E-state index in [0.29, 0.717) is 6.42 Å². The van der Waals surface area contributed by atoms with E-state index in [0.717, 1.165) is 36.3 Å². The first-order valence-electron chi connectivity index (χ1n) is 7.64. The predicted molar refractivity (Wildman–Crippen MR) is 86.1 cm³/mol. The molecule has 6 heteroatoms. The molecule has 1 rings (SSSR count). The Labute approximate surface area is 128 Å². The third-order valence-corrected chi connectivity index (χ3v) is 5.33. The van der Waals surface area contributed by atoms with E-state index in [2.05, 4.69) is 22.4 Å². The van der Waals surface area contributed by atoms with Crippen LogP contribution >= 0.6 is 0 Å². The van der Waals surface area contributed by atoms with Crippen molar-refractivity contribution >= 4 is 9.84 Å². The molecule has 1 unspecified atom stereocenters.